The van der Waals surface area contributed by atoms with Crippen LogP contribution in [0.5, 0.6) is 0 Å². The number of rotatable bonds is 6. The Bertz CT molecular complexity index is 1150. The summed E-state index contributed by atoms with van der Waals surface area (Å²) < 4.78 is 0. The quantitative estimate of drug-likeness (QED) is 0.371. The summed E-state index contributed by atoms with van der Waals surface area (Å²) in [6, 6.07) is 31.3. The van der Waals surface area contributed by atoms with Crippen LogP contribution in [0.2, 0.25) is 0 Å². The minimum atomic E-state index is -1.16. The standard InChI is InChI=1S/C30H28O2/c1-21-4-12-25(13-5-21)29(31)26-14-10-24(11-15-26)20-30(32,27-16-6-22(2)7-17-27)28-18-8-23(3)9-19-28/h4-19,32H,20H2,1-3H3. The lowest BCUT2D eigenvalue weighted by Gasteiger charge is -2.30. The number of aryl methyl sites for hydroxylation is 3. The minimum Gasteiger partial charge on any atom is -0.380 e. The first-order valence-electron chi connectivity index (χ1n) is 10.9. The molecule has 0 aliphatic rings. The van der Waals surface area contributed by atoms with E-state index < -0.39 is 5.60 Å². The Balaban J connectivity index is 1.65. The van der Waals surface area contributed by atoms with E-state index in [4.69, 9.17) is 0 Å². The van der Waals surface area contributed by atoms with Crippen molar-refractivity contribution >= 4 is 5.78 Å². The van der Waals surface area contributed by atoms with Crippen molar-refractivity contribution in [1.29, 1.82) is 0 Å². The van der Waals surface area contributed by atoms with Gasteiger partial charge in [0.2, 0.25) is 0 Å². The highest BCUT2D eigenvalue weighted by Gasteiger charge is 2.32. The summed E-state index contributed by atoms with van der Waals surface area (Å²) in [6.07, 6.45) is 0.415. The Morgan fingerprint density at radius 2 is 0.938 bits per heavy atom. The topological polar surface area (TPSA) is 37.3 Å². The van der Waals surface area contributed by atoms with Crippen LogP contribution >= 0.6 is 0 Å². The molecule has 0 radical (unpaired) electrons. The number of benzene rings is 4. The van der Waals surface area contributed by atoms with Gasteiger partial charge in [0.1, 0.15) is 5.60 Å². The summed E-state index contributed by atoms with van der Waals surface area (Å²) in [5.41, 5.74) is 6.27. The molecule has 0 aliphatic heterocycles. The van der Waals surface area contributed by atoms with Gasteiger partial charge in [-0.1, -0.05) is 114 Å². The molecule has 0 bridgehead atoms. The van der Waals surface area contributed by atoms with Gasteiger partial charge in [0, 0.05) is 17.5 Å². The van der Waals surface area contributed by atoms with Crippen LogP contribution in [0.3, 0.4) is 0 Å². The third kappa shape index (κ3) is 4.56. The molecule has 32 heavy (non-hydrogen) atoms. The molecule has 4 aromatic rings. The van der Waals surface area contributed by atoms with Crippen molar-refractivity contribution in [1.82, 2.24) is 0 Å². The van der Waals surface area contributed by atoms with Gasteiger partial charge in [-0.05, 0) is 37.5 Å². The van der Waals surface area contributed by atoms with Gasteiger partial charge in [-0.25, -0.2) is 0 Å². The van der Waals surface area contributed by atoms with Crippen LogP contribution < -0.4 is 0 Å². The molecule has 0 spiro atoms. The summed E-state index contributed by atoms with van der Waals surface area (Å²) in [4.78, 5) is 12.8. The summed E-state index contributed by atoms with van der Waals surface area (Å²) in [5, 5.41) is 11.9. The van der Waals surface area contributed by atoms with Crippen LogP contribution in [0.4, 0.5) is 0 Å². The van der Waals surface area contributed by atoms with Gasteiger partial charge in [0.25, 0.3) is 0 Å². The molecular formula is C30H28O2. The fraction of sp³-hybridized carbons (Fsp3) is 0.167. The lowest BCUT2D eigenvalue weighted by molar-refractivity contribution is 0.0811. The summed E-state index contributed by atoms with van der Waals surface area (Å²) in [7, 11) is 0. The lowest BCUT2D eigenvalue weighted by atomic mass is 9.80. The molecule has 2 nitrogen and oxygen atoms in total. The third-order valence-corrected chi connectivity index (χ3v) is 6.05. The molecule has 0 saturated carbocycles. The molecule has 0 amide bonds. The van der Waals surface area contributed by atoms with Crippen molar-refractivity contribution in [3.8, 4) is 0 Å². The van der Waals surface area contributed by atoms with Crippen molar-refractivity contribution in [3.05, 3.63) is 142 Å². The van der Waals surface area contributed by atoms with E-state index >= 15 is 0 Å². The first kappa shape index (κ1) is 21.7. The van der Waals surface area contributed by atoms with Crippen molar-refractivity contribution < 1.29 is 9.90 Å². The molecule has 1 N–H and O–H groups in total. The Kier molecular flexibility index (Phi) is 6.07. The van der Waals surface area contributed by atoms with Crippen LogP contribution in [0.15, 0.2) is 97.1 Å². The maximum atomic E-state index is 12.8. The smallest absolute Gasteiger partial charge is 0.193 e. The molecule has 0 fully saturated rings. The van der Waals surface area contributed by atoms with Crippen molar-refractivity contribution in [2.24, 2.45) is 0 Å². The zero-order valence-electron chi connectivity index (χ0n) is 18.8. The summed E-state index contributed by atoms with van der Waals surface area (Å²) in [6.45, 7) is 6.09. The Morgan fingerprint density at radius 1 is 0.594 bits per heavy atom. The van der Waals surface area contributed by atoms with E-state index in [1.165, 1.54) is 0 Å². The molecule has 0 heterocycles. The van der Waals surface area contributed by atoms with E-state index in [2.05, 4.69) is 0 Å². The molecule has 0 saturated heterocycles. The number of carbonyl (C=O) groups is 1. The van der Waals surface area contributed by atoms with Crippen LogP contribution in [-0.2, 0) is 12.0 Å². The van der Waals surface area contributed by atoms with E-state index in [0.717, 1.165) is 33.4 Å². The van der Waals surface area contributed by atoms with Crippen LogP contribution in [0.1, 0.15) is 49.3 Å². The first-order valence-corrected chi connectivity index (χ1v) is 10.9. The maximum absolute atomic E-state index is 12.8. The summed E-state index contributed by atoms with van der Waals surface area (Å²) in [5.74, 6) is 0.00359. The van der Waals surface area contributed by atoms with Gasteiger partial charge >= 0.3 is 0 Å². The van der Waals surface area contributed by atoms with Crippen molar-refractivity contribution in [3.63, 3.8) is 0 Å². The molecule has 2 heteroatoms. The predicted octanol–water partition coefficient (Wildman–Crippen LogP) is 6.32. The molecule has 4 aromatic carbocycles. The van der Waals surface area contributed by atoms with Crippen LogP contribution in [0, 0.1) is 20.8 Å². The van der Waals surface area contributed by atoms with Gasteiger partial charge in [0.15, 0.2) is 5.78 Å². The van der Waals surface area contributed by atoms with Crippen molar-refractivity contribution in [2.75, 3.05) is 0 Å². The Hall–Kier alpha value is -3.49. The van der Waals surface area contributed by atoms with E-state index in [1.54, 1.807) is 0 Å². The predicted molar refractivity (Wildman–Crippen MR) is 130 cm³/mol. The largest absolute Gasteiger partial charge is 0.380 e. The highest BCUT2D eigenvalue weighted by Crippen LogP contribution is 2.34. The SMILES string of the molecule is Cc1ccc(C(=O)c2ccc(CC(O)(c3ccc(C)cc3)c3ccc(C)cc3)cc2)cc1. The van der Waals surface area contributed by atoms with Crippen molar-refractivity contribution in [2.45, 2.75) is 32.8 Å². The number of ketones is 1. The van der Waals surface area contributed by atoms with Gasteiger partial charge in [-0.15, -0.1) is 0 Å². The second-order valence-electron chi connectivity index (χ2n) is 8.66. The van der Waals surface area contributed by atoms with E-state index in [-0.39, 0.29) is 5.78 Å². The monoisotopic (exact) mass is 420 g/mol. The second kappa shape index (κ2) is 8.94. The molecular weight excluding hydrogens is 392 g/mol. The summed E-state index contributed by atoms with van der Waals surface area (Å²) >= 11 is 0. The van der Waals surface area contributed by atoms with Gasteiger partial charge in [-0.3, -0.25) is 4.79 Å². The molecule has 4 rings (SSSR count). The van der Waals surface area contributed by atoms with Crippen LogP contribution in [-0.4, -0.2) is 10.9 Å². The second-order valence-corrected chi connectivity index (χ2v) is 8.66. The van der Waals surface area contributed by atoms with Gasteiger partial charge in [0.05, 0.1) is 0 Å². The number of hydrogen-bond donors (Lipinski definition) is 1. The molecule has 160 valence electrons. The fourth-order valence-corrected chi connectivity index (χ4v) is 3.97. The zero-order valence-corrected chi connectivity index (χ0v) is 18.8. The zero-order chi connectivity index (χ0) is 22.7. The lowest BCUT2D eigenvalue weighted by Crippen LogP contribution is -2.30. The number of aliphatic hydroxyl groups is 1. The average Bonchev–Trinajstić information content (AvgIpc) is 2.80. The number of hydrogen-bond acceptors (Lipinski definition) is 2. The fourth-order valence-electron chi connectivity index (χ4n) is 3.97. The third-order valence-electron chi connectivity index (χ3n) is 6.05. The first-order chi connectivity index (χ1) is 15.3. The minimum absolute atomic E-state index is 0.00359. The van der Waals surface area contributed by atoms with Crippen LogP contribution in [0.25, 0.3) is 0 Å². The molecule has 0 atom stereocenters. The highest BCUT2D eigenvalue weighted by molar-refractivity contribution is 6.09. The molecule has 0 aliphatic carbocycles. The Labute approximate surface area is 190 Å². The van der Waals surface area contributed by atoms with Gasteiger partial charge in [-0.2, -0.15) is 0 Å². The molecule has 0 unspecified atom stereocenters. The number of carbonyl (C=O) groups excluding carboxylic acids is 1. The molecule has 0 aromatic heterocycles. The van der Waals surface area contributed by atoms with E-state index in [1.807, 2.05) is 118 Å². The maximum Gasteiger partial charge on any atom is 0.193 e. The normalized spacial score (nSPS) is 11.4. The average molecular weight is 421 g/mol. The highest BCUT2D eigenvalue weighted by atomic mass is 16.3. The van der Waals surface area contributed by atoms with Gasteiger partial charge < -0.3 is 5.11 Å². The van der Waals surface area contributed by atoms with E-state index in [9.17, 15) is 9.90 Å². The van der Waals surface area contributed by atoms with E-state index in [0.29, 0.717) is 17.5 Å². The Morgan fingerprint density at radius 3 is 1.34 bits per heavy atom.